The van der Waals surface area contributed by atoms with E-state index in [0.717, 1.165) is 8.58 Å². The molecule has 0 N–H and O–H groups in total. The standard InChI is InChI=1S/C21H35P/c1-6-10-13-17-16-21(22-5)20(15-12-8-3)19(14-11-7-2)18(17)9-4/h9,16,22H,4,6-8,10-15H2,1-3,5H3. The minimum Gasteiger partial charge on any atom is -0.0984 e. The summed E-state index contributed by atoms with van der Waals surface area (Å²) in [6.45, 7) is 13.4. The van der Waals surface area contributed by atoms with Gasteiger partial charge in [-0.15, -0.1) is 0 Å². The number of aryl methyl sites for hydroxylation is 1. The molecule has 22 heavy (non-hydrogen) atoms. The van der Waals surface area contributed by atoms with Gasteiger partial charge in [-0.3, -0.25) is 0 Å². The van der Waals surface area contributed by atoms with Gasteiger partial charge in [0.2, 0.25) is 0 Å². The van der Waals surface area contributed by atoms with E-state index in [1.54, 1.807) is 22.0 Å². The van der Waals surface area contributed by atoms with Gasteiger partial charge in [0.15, 0.2) is 0 Å². The summed E-state index contributed by atoms with van der Waals surface area (Å²) in [6.07, 6.45) is 13.5. The Kier molecular flexibility index (Phi) is 9.73. The van der Waals surface area contributed by atoms with Gasteiger partial charge in [-0.25, -0.2) is 0 Å². The maximum atomic E-state index is 4.15. The molecule has 1 heteroatoms. The van der Waals surface area contributed by atoms with Crippen molar-refractivity contribution < 1.29 is 0 Å². The van der Waals surface area contributed by atoms with Gasteiger partial charge in [-0.05, 0) is 72.7 Å². The highest BCUT2D eigenvalue weighted by molar-refractivity contribution is 7.46. The normalized spacial score (nSPS) is 11.5. The van der Waals surface area contributed by atoms with E-state index < -0.39 is 0 Å². The van der Waals surface area contributed by atoms with Crippen molar-refractivity contribution >= 4 is 20.0 Å². The summed E-state index contributed by atoms with van der Waals surface area (Å²) in [6, 6.07) is 2.51. The second kappa shape index (κ2) is 11.0. The van der Waals surface area contributed by atoms with Crippen LogP contribution in [0.15, 0.2) is 12.6 Å². The number of rotatable bonds is 11. The molecule has 0 aliphatic carbocycles. The molecule has 1 aromatic carbocycles. The molecule has 0 fully saturated rings. The molecule has 0 aliphatic rings. The summed E-state index contributed by atoms with van der Waals surface area (Å²) in [5.41, 5.74) is 6.30. The van der Waals surface area contributed by atoms with E-state index in [1.165, 1.54) is 63.4 Å². The van der Waals surface area contributed by atoms with Crippen molar-refractivity contribution in [3.8, 4) is 0 Å². The van der Waals surface area contributed by atoms with E-state index in [9.17, 15) is 0 Å². The summed E-state index contributed by atoms with van der Waals surface area (Å²) >= 11 is 0. The Balaban J connectivity index is 3.34. The molecule has 0 spiro atoms. The molecule has 1 atom stereocenters. The number of unbranched alkanes of at least 4 members (excludes halogenated alkanes) is 3. The van der Waals surface area contributed by atoms with Crippen molar-refractivity contribution in [2.45, 2.75) is 78.6 Å². The van der Waals surface area contributed by atoms with Crippen LogP contribution in [0.5, 0.6) is 0 Å². The Labute approximate surface area is 140 Å². The van der Waals surface area contributed by atoms with E-state index >= 15 is 0 Å². The molecular formula is C21H35P. The van der Waals surface area contributed by atoms with Crippen LogP contribution in [0.4, 0.5) is 0 Å². The van der Waals surface area contributed by atoms with Crippen molar-refractivity contribution in [3.05, 3.63) is 34.9 Å². The first kappa shape index (κ1) is 19.4. The van der Waals surface area contributed by atoms with Crippen LogP contribution in [0.1, 0.15) is 81.5 Å². The summed E-state index contributed by atoms with van der Waals surface area (Å²) in [7, 11) is 0.907. The van der Waals surface area contributed by atoms with E-state index in [4.69, 9.17) is 0 Å². The van der Waals surface area contributed by atoms with Crippen molar-refractivity contribution in [1.29, 1.82) is 0 Å². The van der Waals surface area contributed by atoms with Crippen LogP contribution in [0.25, 0.3) is 6.08 Å². The van der Waals surface area contributed by atoms with Crippen LogP contribution < -0.4 is 5.30 Å². The van der Waals surface area contributed by atoms with Crippen molar-refractivity contribution in [2.75, 3.05) is 6.66 Å². The molecule has 0 heterocycles. The molecular weight excluding hydrogens is 283 g/mol. The lowest BCUT2D eigenvalue weighted by molar-refractivity contribution is 0.753. The van der Waals surface area contributed by atoms with Crippen LogP contribution in [0.3, 0.4) is 0 Å². The van der Waals surface area contributed by atoms with Gasteiger partial charge in [0.05, 0.1) is 0 Å². The number of hydrogen-bond donors (Lipinski definition) is 0. The lowest BCUT2D eigenvalue weighted by atomic mass is 9.88. The average Bonchev–Trinajstić information content (AvgIpc) is 2.55. The third-order valence-corrected chi connectivity index (χ3v) is 5.50. The first-order valence-corrected chi connectivity index (χ1v) is 10.7. The fourth-order valence-electron chi connectivity index (χ4n) is 3.19. The maximum absolute atomic E-state index is 4.15. The quantitative estimate of drug-likeness (QED) is 0.420. The second-order valence-corrected chi connectivity index (χ2v) is 7.26. The predicted molar refractivity (Wildman–Crippen MR) is 106 cm³/mol. The van der Waals surface area contributed by atoms with Crippen LogP contribution in [0.2, 0.25) is 0 Å². The molecule has 0 radical (unpaired) electrons. The Morgan fingerprint density at radius 1 is 0.909 bits per heavy atom. The molecule has 0 saturated carbocycles. The highest BCUT2D eigenvalue weighted by atomic mass is 31.1. The average molecular weight is 318 g/mol. The molecule has 124 valence electrons. The van der Waals surface area contributed by atoms with Crippen molar-refractivity contribution in [1.82, 2.24) is 0 Å². The Bertz CT molecular complexity index is 459. The molecule has 1 unspecified atom stereocenters. The zero-order valence-corrected chi connectivity index (χ0v) is 16.2. The van der Waals surface area contributed by atoms with Gasteiger partial charge in [-0.1, -0.05) is 67.3 Å². The molecule has 1 rings (SSSR count). The summed E-state index contributed by atoms with van der Waals surface area (Å²) in [5, 5.41) is 1.62. The van der Waals surface area contributed by atoms with Gasteiger partial charge in [0.25, 0.3) is 0 Å². The zero-order chi connectivity index (χ0) is 16.4. The van der Waals surface area contributed by atoms with E-state index in [2.05, 4.69) is 46.2 Å². The smallest absolute Gasteiger partial charge is 0.0195 e. The first-order chi connectivity index (χ1) is 10.7. The summed E-state index contributed by atoms with van der Waals surface area (Å²) < 4.78 is 0. The van der Waals surface area contributed by atoms with Gasteiger partial charge in [0.1, 0.15) is 0 Å². The third kappa shape index (κ3) is 5.24. The monoisotopic (exact) mass is 318 g/mol. The largest absolute Gasteiger partial charge is 0.0984 e. The third-order valence-electron chi connectivity index (χ3n) is 4.51. The van der Waals surface area contributed by atoms with Crippen LogP contribution in [-0.2, 0) is 19.3 Å². The fraction of sp³-hybridized carbons (Fsp3) is 0.619. The molecule has 0 bridgehead atoms. The molecule has 1 aromatic rings. The van der Waals surface area contributed by atoms with Crippen molar-refractivity contribution in [2.24, 2.45) is 0 Å². The van der Waals surface area contributed by atoms with Gasteiger partial charge < -0.3 is 0 Å². The lowest BCUT2D eigenvalue weighted by Gasteiger charge is -2.21. The predicted octanol–water partition coefficient (Wildman–Crippen LogP) is 6.29. The minimum atomic E-state index is 0.907. The number of hydrogen-bond acceptors (Lipinski definition) is 0. The maximum Gasteiger partial charge on any atom is -0.0195 e. The van der Waals surface area contributed by atoms with Crippen LogP contribution >= 0.6 is 8.58 Å². The Hall–Kier alpha value is -0.610. The minimum absolute atomic E-state index is 0.907. The van der Waals surface area contributed by atoms with Crippen molar-refractivity contribution in [3.63, 3.8) is 0 Å². The van der Waals surface area contributed by atoms with Crippen LogP contribution in [-0.4, -0.2) is 6.66 Å². The van der Waals surface area contributed by atoms with E-state index in [-0.39, 0.29) is 0 Å². The summed E-state index contributed by atoms with van der Waals surface area (Å²) in [4.78, 5) is 0. The van der Waals surface area contributed by atoms with E-state index in [1.807, 2.05) is 0 Å². The highest BCUT2D eigenvalue weighted by Crippen LogP contribution is 2.27. The van der Waals surface area contributed by atoms with Gasteiger partial charge >= 0.3 is 0 Å². The summed E-state index contributed by atoms with van der Waals surface area (Å²) in [5.74, 6) is 0. The molecule has 0 amide bonds. The topological polar surface area (TPSA) is 0 Å². The van der Waals surface area contributed by atoms with Crippen LogP contribution in [0, 0.1) is 0 Å². The lowest BCUT2D eigenvalue weighted by Crippen LogP contribution is -2.14. The first-order valence-electron chi connectivity index (χ1n) is 9.21. The molecule has 0 aromatic heterocycles. The second-order valence-electron chi connectivity index (χ2n) is 6.22. The fourth-order valence-corrected chi connectivity index (χ4v) is 4.08. The number of benzene rings is 1. The van der Waals surface area contributed by atoms with E-state index in [0.29, 0.717) is 0 Å². The molecule has 0 nitrogen and oxygen atoms in total. The highest BCUT2D eigenvalue weighted by Gasteiger charge is 2.15. The van der Waals surface area contributed by atoms with Gasteiger partial charge in [-0.2, -0.15) is 0 Å². The van der Waals surface area contributed by atoms with Gasteiger partial charge in [0, 0.05) is 0 Å². The Morgan fingerprint density at radius 2 is 1.45 bits per heavy atom. The molecule has 0 saturated heterocycles. The molecule has 0 aliphatic heterocycles. The Morgan fingerprint density at radius 3 is 1.95 bits per heavy atom. The zero-order valence-electron chi connectivity index (χ0n) is 15.2. The SMILES string of the molecule is C=Cc1c(CCCC)cc(PC)c(CCCC)c1CCCC.